The van der Waals surface area contributed by atoms with Crippen LogP contribution in [0.25, 0.3) is 0 Å². The minimum atomic E-state index is -0.545. The summed E-state index contributed by atoms with van der Waals surface area (Å²) >= 11 is 0. The molecule has 0 aliphatic carbocycles. The van der Waals surface area contributed by atoms with Gasteiger partial charge < -0.3 is 16.0 Å². The molecule has 20 heavy (non-hydrogen) atoms. The Morgan fingerprint density at radius 3 is 2.50 bits per heavy atom. The van der Waals surface area contributed by atoms with Crippen LogP contribution in [-0.2, 0) is 17.9 Å². The van der Waals surface area contributed by atoms with Crippen LogP contribution in [0, 0.1) is 0 Å². The number of hydrogen-bond donors (Lipinski definition) is 3. The van der Waals surface area contributed by atoms with E-state index < -0.39 is 6.04 Å². The third kappa shape index (κ3) is 3.36. The van der Waals surface area contributed by atoms with Gasteiger partial charge in [-0.1, -0.05) is 6.07 Å². The topological polar surface area (TPSA) is 70.2 Å². The summed E-state index contributed by atoms with van der Waals surface area (Å²) in [5.74, 6) is -0.387. The Bertz CT molecular complexity index is 526. The number of nitrogens with one attached hydrogen (secondary N) is 3. The van der Waals surface area contributed by atoms with Crippen LogP contribution in [0.3, 0.4) is 0 Å². The van der Waals surface area contributed by atoms with Crippen molar-refractivity contribution in [3.05, 3.63) is 34.9 Å². The van der Waals surface area contributed by atoms with E-state index in [0.717, 1.165) is 18.7 Å². The highest BCUT2D eigenvalue weighted by Crippen LogP contribution is 2.17. The van der Waals surface area contributed by atoms with Gasteiger partial charge in [-0.2, -0.15) is 0 Å². The molecule has 0 saturated heterocycles. The Hall–Kier alpha value is -1.88. The molecule has 5 heteroatoms. The summed E-state index contributed by atoms with van der Waals surface area (Å²) < 4.78 is 0. The monoisotopic (exact) mass is 275 g/mol. The molecule has 0 fully saturated rings. The van der Waals surface area contributed by atoms with Crippen molar-refractivity contribution in [2.75, 3.05) is 0 Å². The zero-order valence-electron chi connectivity index (χ0n) is 12.1. The molecule has 1 aliphatic heterocycles. The molecular formula is C15H21N3O2. The fraction of sp³-hybridized carbons (Fsp3) is 0.467. The zero-order chi connectivity index (χ0) is 14.7. The summed E-state index contributed by atoms with van der Waals surface area (Å²) in [5.41, 5.74) is 2.97. The molecule has 5 nitrogen and oxygen atoms in total. The molecule has 2 rings (SSSR count). The van der Waals surface area contributed by atoms with Crippen molar-refractivity contribution in [3.63, 3.8) is 0 Å². The summed E-state index contributed by atoms with van der Waals surface area (Å²) in [6, 6.07) is 5.17. The highest BCUT2D eigenvalue weighted by Gasteiger charge is 2.18. The fourth-order valence-corrected chi connectivity index (χ4v) is 2.19. The van der Waals surface area contributed by atoms with Crippen molar-refractivity contribution < 1.29 is 9.59 Å². The molecule has 0 aromatic heterocycles. The summed E-state index contributed by atoms with van der Waals surface area (Å²) in [4.78, 5) is 23.9. The average Bonchev–Trinajstić information content (AvgIpc) is 2.84. The minimum Gasteiger partial charge on any atom is -0.352 e. The van der Waals surface area contributed by atoms with Crippen molar-refractivity contribution in [1.82, 2.24) is 16.0 Å². The van der Waals surface area contributed by atoms with Gasteiger partial charge in [0.2, 0.25) is 5.91 Å². The van der Waals surface area contributed by atoms with Crippen molar-refractivity contribution in [2.45, 2.75) is 45.9 Å². The molecule has 1 atom stereocenters. The highest BCUT2D eigenvalue weighted by molar-refractivity contribution is 5.97. The van der Waals surface area contributed by atoms with Crippen LogP contribution in [-0.4, -0.2) is 23.9 Å². The van der Waals surface area contributed by atoms with Crippen LogP contribution in [0.4, 0.5) is 0 Å². The maximum absolute atomic E-state index is 12.1. The second kappa shape index (κ2) is 6.05. The fourth-order valence-electron chi connectivity index (χ4n) is 2.19. The number of carbonyl (C=O) groups excluding carboxylic acids is 2. The third-order valence-corrected chi connectivity index (χ3v) is 3.27. The highest BCUT2D eigenvalue weighted by atomic mass is 16.2. The van der Waals surface area contributed by atoms with Gasteiger partial charge in [0.1, 0.15) is 6.04 Å². The minimum absolute atomic E-state index is 0.0629. The Labute approximate surface area is 119 Å². The van der Waals surface area contributed by atoms with Crippen LogP contribution in [0.2, 0.25) is 0 Å². The molecule has 1 aliphatic rings. The average molecular weight is 275 g/mol. The largest absolute Gasteiger partial charge is 0.352 e. The van der Waals surface area contributed by atoms with Crippen LogP contribution in [0.5, 0.6) is 0 Å². The first-order valence-corrected chi connectivity index (χ1v) is 6.91. The Morgan fingerprint density at radius 1 is 1.10 bits per heavy atom. The van der Waals surface area contributed by atoms with E-state index in [4.69, 9.17) is 0 Å². The maximum atomic E-state index is 12.1. The standard InChI is InChI=1S/C15H21N3O2/c1-9(2)17-14(19)10(3)18-15(20)11-4-5-12-7-16-8-13(12)6-11/h4-6,9-10,16H,7-8H2,1-3H3,(H,17,19)(H,18,20). The number of amides is 2. The van der Waals surface area contributed by atoms with Crippen LogP contribution >= 0.6 is 0 Å². The molecule has 1 unspecified atom stereocenters. The molecule has 2 amide bonds. The molecular weight excluding hydrogens is 254 g/mol. The molecule has 3 N–H and O–H groups in total. The molecule has 0 radical (unpaired) electrons. The van der Waals surface area contributed by atoms with Crippen molar-refractivity contribution >= 4 is 11.8 Å². The summed E-state index contributed by atoms with van der Waals surface area (Å²) in [6.07, 6.45) is 0. The molecule has 1 heterocycles. The predicted octanol–water partition coefficient (Wildman–Crippen LogP) is 0.933. The second-order valence-electron chi connectivity index (χ2n) is 5.45. The Balaban J connectivity index is 1.99. The van der Waals surface area contributed by atoms with Gasteiger partial charge in [0.05, 0.1) is 0 Å². The summed E-state index contributed by atoms with van der Waals surface area (Å²) in [6.45, 7) is 7.11. The quantitative estimate of drug-likeness (QED) is 0.765. The van der Waals surface area contributed by atoms with E-state index in [1.807, 2.05) is 26.0 Å². The smallest absolute Gasteiger partial charge is 0.251 e. The molecule has 0 saturated carbocycles. The SMILES string of the molecule is CC(C)NC(=O)C(C)NC(=O)c1ccc2c(c1)CNC2. The van der Waals surface area contributed by atoms with Crippen LogP contribution < -0.4 is 16.0 Å². The van der Waals surface area contributed by atoms with Crippen molar-refractivity contribution in [3.8, 4) is 0 Å². The van der Waals surface area contributed by atoms with E-state index in [-0.39, 0.29) is 17.9 Å². The van der Waals surface area contributed by atoms with E-state index in [1.165, 1.54) is 5.56 Å². The van der Waals surface area contributed by atoms with Gasteiger partial charge in [-0.05, 0) is 44.0 Å². The van der Waals surface area contributed by atoms with Crippen LogP contribution in [0.15, 0.2) is 18.2 Å². The van der Waals surface area contributed by atoms with Crippen molar-refractivity contribution in [2.24, 2.45) is 0 Å². The first-order chi connectivity index (χ1) is 9.47. The maximum Gasteiger partial charge on any atom is 0.251 e. The van der Waals surface area contributed by atoms with Gasteiger partial charge >= 0.3 is 0 Å². The second-order valence-corrected chi connectivity index (χ2v) is 5.45. The lowest BCUT2D eigenvalue weighted by molar-refractivity contribution is -0.123. The number of carbonyl (C=O) groups is 2. The van der Waals surface area contributed by atoms with Gasteiger partial charge in [0.15, 0.2) is 0 Å². The van der Waals surface area contributed by atoms with Gasteiger partial charge in [0, 0.05) is 24.7 Å². The molecule has 1 aromatic rings. The van der Waals surface area contributed by atoms with E-state index in [1.54, 1.807) is 13.0 Å². The normalized spacial score (nSPS) is 14.8. The molecule has 0 spiro atoms. The van der Waals surface area contributed by atoms with Gasteiger partial charge in [-0.3, -0.25) is 9.59 Å². The Morgan fingerprint density at radius 2 is 1.80 bits per heavy atom. The number of hydrogen-bond acceptors (Lipinski definition) is 3. The number of benzene rings is 1. The van der Waals surface area contributed by atoms with Crippen molar-refractivity contribution in [1.29, 1.82) is 0 Å². The lowest BCUT2D eigenvalue weighted by Crippen LogP contribution is -2.46. The molecule has 108 valence electrons. The van der Waals surface area contributed by atoms with Gasteiger partial charge in [0.25, 0.3) is 5.91 Å². The van der Waals surface area contributed by atoms with Crippen LogP contribution in [0.1, 0.15) is 42.3 Å². The van der Waals surface area contributed by atoms with E-state index in [9.17, 15) is 9.59 Å². The van der Waals surface area contributed by atoms with Gasteiger partial charge in [-0.15, -0.1) is 0 Å². The Kier molecular flexibility index (Phi) is 4.39. The van der Waals surface area contributed by atoms with E-state index in [0.29, 0.717) is 5.56 Å². The lowest BCUT2D eigenvalue weighted by atomic mass is 10.1. The van der Waals surface area contributed by atoms with E-state index >= 15 is 0 Å². The van der Waals surface area contributed by atoms with E-state index in [2.05, 4.69) is 16.0 Å². The first-order valence-electron chi connectivity index (χ1n) is 6.91. The summed E-state index contributed by atoms with van der Waals surface area (Å²) in [7, 11) is 0. The molecule has 1 aromatic carbocycles. The predicted molar refractivity (Wildman–Crippen MR) is 77.2 cm³/mol. The third-order valence-electron chi connectivity index (χ3n) is 3.27. The first kappa shape index (κ1) is 14.5. The van der Waals surface area contributed by atoms with Gasteiger partial charge in [-0.25, -0.2) is 0 Å². The molecule has 0 bridgehead atoms. The number of fused-ring (bicyclic) bond motifs is 1. The lowest BCUT2D eigenvalue weighted by Gasteiger charge is -2.16. The number of rotatable bonds is 4. The summed E-state index contributed by atoms with van der Waals surface area (Å²) in [5, 5.41) is 8.74. The zero-order valence-corrected chi connectivity index (χ0v) is 12.1.